The summed E-state index contributed by atoms with van der Waals surface area (Å²) in [4.78, 5) is 76.4. The van der Waals surface area contributed by atoms with Crippen molar-refractivity contribution >= 4 is 58.5 Å². The van der Waals surface area contributed by atoms with Crippen molar-refractivity contribution in [2.75, 3.05) is 23.7 Å². The van der Waals surface area contributed by atoms with Gasteiger partial charge in [0.25, 0.3) is 11.4 Å². The lowest BCUT2D eigenvalue weighted by atomic mass is 10.1. The molecule has 0 bridgehead atoms. The van der Waals surface area contributed by atoms with E-state index in [0.717, 1.165) is 42.8 Å². The largest absolute Gasteiger partial charge is 0.478 e. The second-order valence-corrected chi connectivity index (χ2v) is 11.9. The molecular weight excluding hydrogens is 748 g/mol. The molecule has 0 heterocycles. The molecule has 0 aliphatic heterocycles. The number of nitro benzene ring substituents is 2. The Bertz CT molecular complexity index is 2020. The van der Waals surface area contributed by atoms with Crippen LogP contribution in [0.2, 0.25) is 0 Å². The third-order valence-corrected chi connectivity index (χ3v) is 8.01. The number of hydrogen-bond acceptors (Lipinski definition) is 12. The Hall–Kier alpha value is -7.90. The van der Waals surface area contributed by atoms with Gasteiger partial charge in [-0.2, -0.15) is 9.98 Å². The number of para-hydroxylation sites is 2. The average Bonchev–Trinajstić information content (AvgIpc) is 3.18. The Kier molecular flexibility index (Phi) is 14.7. The van der Waals surface area contributed by atoms with E-state index in [1.54, 1.807) is 48.5 Å². The summed E-state index contributed by atoms with van der Waals surface area (Å²) in [5.74, 6) is -3.74. The fraction of sp³-hybridized carbons (Fsp3) is 0.189. The standard InChI is InChI=1S/C37H36N8O12/c38-32(42-36(50)56-30(34(46)47)26-8-2-4-10-28(26)44(52)53)22-12-16-24(17-13-22)40-20-6-1-7-21-41-25-18-14-23(15-19-25)33(39)43-37(51)57-31(35(48)49)27-9-3-5-11-29(27)45(54)55/h2-5,8-19,30-31,40-41H,1,6-7,20-21H2,(H,46,47)(H,48,49)(H2,38,42,50)(H2,39,43,51). The normalized spacial score (nSPS) is 12.4. The zero-order valence-corrected chi connectivity index (χ0v) is 29.8. The van der Waals surface area contributed by atoms with E-state index in [1.807, 2.05) is 0 Å². The molecule has 0 aliphatic rings. The summed E-state index contributed by atoms with van der Waals surface area (Å²) in [6.07, 6.45) is -4.06. The van der Waals surface area contributed by atoms with Crippen molar-refractivity contribution in [3.8, 4) is 0 Å². The number of carboxylic acids is 2. The van der Waals surface area contributed by atoms with E-state index < -0.39 is 57.6 Å². The monoisotopic (exact) mass is 784 g/mol. The molecule has 4 aromatic rings. The molecule has 0 saturated carbocycles. The number of amides is 2. The highest BCUT2D eigenvalue weighted by molar-refractivity contribution is 6.04. The van der Waals surface area contributed by atoms with Crippen LogP contribution < -0.4 is 22.1 Å². The number of benzene rings is 4. The van der Waals surface area contributed by atoms with Gasteiger partial charge >= 0.3 is 24.1 Å². The second-order valence-electron chi connectivity index (χ2n) is 11.9. The van der Waals surface area contributed by atoms with Crippen LogP contribution in [-0.4, -0.2) is 68.9 Å². The van der Waals surface area contributed by atoms with E-state index >= 15 is 0 Å². The zero-order valence-electron chi connectivity index (χ0n) is 29.8. The maximum atomic E-state index is 12.4. The third-order valence-electron chi connectivity index (χ3n) is 8.01. The van der Waals surface area contributed by atoms with Gasteiger partial charge in [-0.15, -0.1) is 0 Å². The Morgan fingerprint density at radius 2 is 0.947 bits per heavy atom. The summed E-state index contributed by atoms with van der Waals surface area (Å²) >= 11 is 0. The number of carboxylic acid groups (broad SMARTS) is 2. The van der Waals surface area contributed by atoms with Crippen LogP contribution in [0.15, 0.2) is 107 Å². The Labute approximate surface area is 323 Å². The molecule has 4 rings (SSSR count). The van der Waals surface area contributed by atoms with Crippen LogP contribution in [0.4, 0.5) is 32.3 Å². The van der Waals surface area contributed by atoms with Gasteiger partial charge in [-0.25, -0.2) is 19.2 Å². The van der Waals surface area contributed by atoms with E-state index in [9.17, 15) is 49.6 Å². The summed E-state index contributed by atoms with van der Waals surface area (Å²) in [6, 6.07) is 23.2. The first-order chi connectivity index (χ1) is 27.2. The quantitative estimate of drug-likeness (QED) is 0.0237. The SMILES string of the molecule is N/C(=N\C(=O)OC(C(=O)O)c1ccccc1[N+](=O)[O-])c1ccc(NCCCCCNc2ccc(/C(N)=N/C(=O)OC(C(=O)O)c3ccccc3[N+](=O)[O-])cc2)cc1. The number of ether oxygens (including phenoxy) is 2. The maximum Gasteiger partial charge on any atom is 0.436 e. The number of aliphatic carboxylic acids is 2. The molecule has 2 unspecified atom stereocenters. The van der Waals surface area contributed by atoms with Gasteiger partial charge < -0.3 is 41.8 Å². The fourth-order valence-corrected chi connectivity index (χ4v) is 5.23. The van der Waals surface area contributed by atoms with Gasteiger partial charge in [-0.3, -0.25) is 20.2 Å². The lowest BCUT2D eigenvalue weighted by Gasteiger charge is -2.13. The van der Waals surface area contributed by atoms with Gasteiger partial charge in [-0.05, 0) is 79.9 Å². The minimum absolute atomic E-state index is 0.247. The van der Waals surface area contributed by atoms with Crippen LogP contribution >= 0.6 is 0 Å². The molecule has 4 aromatic carbocycles. The van der Waals surface area contributed by atoms with Crippen molar-refractivity contribution in [2.24, 2.45) is 21.5 Å². The highest BCUT2D eigenvalue weighted by Gasteiger charge is 2.32. The molecule has 0 aromatic heterocycles. The van der Waals surface area contributed by atoms with Crippen molar-refractivity contribution in [1.82, 2.24) is 0 Å². The van der Waals surface area contributed by atoms with Crippen LogP contribution in [0.5, 0.6) is 0 Å². The number of nitrogens with zero attached hydrogens (tertiary/aromatic N) is 4. The number of unbranched alkanes of at least 4 members (excludes halogenated alkanes) is 2. The molecular formula is C37H36N8O12. The summed E-state index contributed by atoms with van der Waals surface area (Å²) in [5.41, 5.74) is 12.4. The van der Waals surface area contributed by atoms with Gasteiger partial charge in [0.2, 0.25) is 12.2 Å². The third kappa shape index (κ3) is 12.1. The fourth-order valence-electron chi connectivity index (χ4n) is 5.23. The molecule has 0 spiro atoms. The molecule has 0 radical (unpaired) electrons. The average molecular weight is 785 g/mol. The first-order valence-corrected chi connectivity index (χ1v) is 17.0. The van der Waals surface area contributed by atoms with Gasteiger partial charge in [-0.1, -0.05) is 24.3 Å². The van der Waals surface area contributed by atoms with Crippen LogP contribution in [0.25, 0.3) is 0 Å². The molecule has 0 fully saturated rings. The molecule has 0 aliphatic carbocycles. The van der Waals surface area contributed by atoms with Gasteiger partial charge in [0.05, 0.1) is 21.0 Å². The van der Waals surface area contributed by atoms with Gasteiger partial charge in [0.15, 0.2) is 0 Å². The van der Waals surface area contributed by atoms with Crippen LogP contribution in [0, 0.1) is 20.2 Å². The number of hydrogen-bond donors (Lipinski definition) is 6. The number of aliphatic imine (C=N–C) groups is 2. The minimum atomic E-state index is -1.97. The highest BCUT2D eigenvalue weighted by Crippen LogP contribution is 2.29. The molecule has 20 nitrogen and oxygen atoms in total. The van der Waals surface area contributed by atoms with Crippen LogP contribution in [0.1, 0.15) is 53.7 Å². The second kappa shape index (κ2) is 20.0. The number of rotatable bonds is 18. The van der Waals surface area contributed by atoms with E-state index in [-0.39, 0.29) is 22.8 Å². The summed E-state index contributed by atoms with van der Waals surface area (Å²) in [6.45, 7) is 1.31. The van der Waals surface area contributed by atoms with Gasteiger partial charge in [0, 0.05) is 47.7 Å². The van der Waals surface area contributed by atoms with Gasteiger partial charge in [0.1, 0.15) is 11.7 Å². The topological polar surface area (TPSA) is 314 Å². The maximum absolute atomic E-state index is 12.4. The zero-order chi connectivity index (χ0) is 41.5. The summed E-state index contributed by atoms with van der Waals surface area (Å²) in [5, 5.41) is 48.2. The van der Waals surface area contributed by atoms with Crippen molar-refractivity contribution in [3.05, 3.63) is 140 Å². The number of nitrogens with two attached hydrogens (primary N) is 2. The van der Waals surface area contributed by atoms with E-state index in [0.29, 0.717) is 24.2 Å². The Morgan fingerprint density at radius 1 is 0.596 bits per heavy atom. The first-order valence-electron chi connectivity index (χ1n) is 17.0. The molecule has 8 N–H and O–H groups in total. The number of nitrogens with one attached hydrogen (secondary N) is 2. The number of carbonyl (C=O) groups excluding carboxylic acids is 2. The number of nitro groups is 2. The number of amidine groups is 2. The predicted octanol–water partition coefficient (Wildman–Crippen LogP) is 5.53. The van der Waals surface area contributed by atoms with Crippen molar-refractivity contribution < 1.29 is 48.7 Å². The van der Waals surface area contributed by atoms with E-state index in [4.69, 9.17) is 20.9 Å². The molecule has 0 saturated heterocycles. The molecule has 2 atom stereocenters. The molecule has 20 heteroatoms. The van der Waals surface area contributed by atoms with E-state index in [1.165, 1.54) is 36.4 Å². The smallest absolute Gasteiger partial charge is 0.436 e. The minimum Gasteiger partial charge on any atom is -0.478 e. The molecule has 57 heavy (non-hydrogen) atoms. The lowest BCUT2D eigenvalue weighted by molar-refractivity contribution is -0.386. The summed E-state index contributed by atoms with van der Waals surface area (Å²) in [7, 11) is 0. The lowest BCUT2D eigenvalue weighted by Crippen LogP contribution is -2.21. The summed E-state index contributed by atoms with van der Waals surface area (Å²) < 4.78 is 9.81. The van der Waals surface area contributed by atoms with Crippen LogP contribution in [0.3, 0.4) is 0 Å². The van der Waals surface area contributed by atoms with Crippen molar-refractivity contribution in [3.63, 3.8) is 0 Å². The number of carbonyl (C=O) groups is 4. The highest BCUT2D eigenvalue weighted by atomic mass is 16.6. The first kappa shape index (κ1) is 41.9. The van der Waals surface area contributed by atoms with E-state index in [2.05, 4.69) is 20.6 Å². The van der Waals surface area contributed by atoms with Crippen molar-refractivity contribution in [1.29, 1.82) is 0 Å². The molecule has 2 amide bonds. The number of anilines is 2. The Morgan fingerprint density at radius 3 is 1.28 bits per heavy atom. The van der Waals surface area contributed by atoms with Crippen molar-refractivity contribution in [2.45, 2.75) is 31.5 Å². The predicted molar refractivity (Wildman–Crippen MR) is 205 cm³/mol. The Balaban J connectivity index is 1.18. The molecule has 296 valence electrons. The van der Waals surface area contributed by atoms with Crippen LogP contribution in [-0.2, 0) is 19.1 Å².